The maximum atomic E-state index is 12.8. The highest BCUT2D eigenvalue weighted by atomic mass is 32.2. The van der Waals surface area contributed by atoms with Crippen molar-refractivity contribution in [3.63, 3.8) is 0 Å². The smallest absolute Gasteiger partial charge is 0.415 e. The van der Waals surface area contributed by atoms with Crippen LogP contribution in [0.5, 0.6) is 0 Å². The molecule has 0 aromatic heterocycles. The lowest BCUT2D eigenvalue weighted by atomic mass is 9.69. The van der Waals surface area contributed by atoms with Crippen LogP contribution in [0.3, 0.4) is 0 Å². The molecule has 1 saturated heterocycles. The van der Waals surface area contributed by atoms with Gasteiger partial charge >= 0.3 is 6.09 Å². The van der Waals surface area contributed by atoms with Gasteiger partial charge in [0, 0.05) is 19.5 Å². The molecule has 3 fully saturated rings. The van der Waals surface area contributed by atoms with Gasteiger partial charge in [-0.25, -0.2) is 13.2 Å². The van der Waals surface area contributed by atoms with E-state index in [-0.39, 0.29) is 41.6 Å². The van der Waals surface area contributed by atoms with E-state index in [2.05, 4.69) is 6.58 Å². The Labute approximate surface area is 191 Å². The van der Waals surface area contributed by atoms with Crippen LogP contribution in [0.2, 0.25) is 0 Å². The van der Waals surface area contributed by atoms with Crippen LogP contribution < -0.4 is 0 Å². The molecule has 4 atom stereocenters. The molecule has 0 aromatic rings. The third-order valence-electron chi connectivity index (χ3n) is 7.64. The van der Waals surface area contributed by atoms with Crippen LogP contribution in [0, 0.1) is 11.8 Å². The highest BCUT2D eigenvalue weighted by Crippen LogP contribution is 2.43. The number of piperazine rings is 1. The Morgan fingerprint density at radius 3 is 2.22 bits per heavy atom. The Morgan fingerprint density at radius 2 is 1.66 bits per heavy atom. The average molecular weight is 471 g/mol. The maximum absolute atomic E-state index is 12.8. The molecule has 2 saturated carbocycles. The molecule has 3 unspecified atom stereocenters. The second kappa shape index (κ2) is 10.1. The molecule has 2 aliphatic carbocycles. The molecule has 3 rings (SSSR count). The van der Waals surface area contributed by atoms with E-state index >= 15 is 0 Å². The predicted molar refractivity (Wildman–Crippen MR) is 122 cm³/mol. The Kier molecular flexibility index (Phi) is 7.91. The summed E-state index contributed by atoms with van der Waals surface area (Å²) < 4.78 is 30.0. The zero-order chi connectivity index (χ0) is 23.6. The van der Waals surface area contributed by atoms with Crippen molar-refractivity contribution in [1.29, 1.82) is 0 Å². The van der Waals surface area contributed by atoms with Gasteiger partial charge in [-0.1, -0.05) is 6.58 Å². The Hall–Kier alpha value is -1.61. The van der Waals surface area contributed by atoms with Crippen molar-refractivity contribution in [2.75, 3.05) is 18.9 Å². The van der Waals surface area contributed by atoms with Gasteiger partial charge in [0.05, 0.1) is 35.5 Å². The van der Waals surface area contributed by atoms with Crippen LogP contribution in [-0.4, -0.2) is 77.6 Å². The molecule has 0 spiro atoms. The van der Waals surface area contributed by atoms with Crippen molar-refractivity contribution >= 4 is 21.8 Å². The van der Waals surface area contributed by atoms with E-state index in [4.69, 9.17) is 9.84 Å². The van der Waals surface area contributed by atoms with E-state index < -0.39 is 15.9 Å². The summed E-state index contributed by atoms with van der Waals surface area (Å²) in [5, 5.41) is 8.69. The molecule has 1 heterocycles. The summed E-state index contributed by atoms with van der Waals surface area (Å²) in [6.07, 6.45) is 5.16. The molecule has 182 valence electrons. The van der Waals surface area contributed by atoms with Gasteiger partial charge in [0.15, 0.2) is 9.84 Å². The zero-order valence-corrected chi connectivity index (χ0v) is 20.3. The number of carbonyl (C=O) groups is 2. The lowest BCUT2D eigenvalue weighted by molar-refractivity contribution is -0.142. The third kappa shape index (κ3) is 5.30. The SMILES string of the molecule is C=C(C)OC(=O)N1C[C@H](C)N(C(C)=O)C2CCC(C3CCC(S(=O)(=O)CCO)CC3)CC21. The van der Waals surface area contributed by atoms with Gasteiger partial charge in [0.25, 0.3) is 0 Å². The number of fused-ring (bicyclic) bond motifs is 1. The molecule has 0 aromatic carbocycles. The monoisotopic (exact) mass is 470 g/mol. The van der Waals surface area contributed by atoms with Crippen LogP contribution in [0.25, 0.3) is 0 Å². The Morgan fingerprint density at radius 1 is 1.03 bits per heavy atom. The molecular formula is C23H38N2O6S. The number of amides is 2. The zero-order valence-electron chi connectivity index (χ0n) is 19.5. The summed E-state index contributed by atoms with van der Waals surface area (Å²) in [5.74, 6) is 1.03. The number of nitrogens with zero attached hydrogens (tertiary/aromatic N) is 2. The summed E-state index contributed by atoms with van der Waals surface area (Å²) in [7, 11) is -3.23. The minimum atomic E-state index is -3.23. The van der Waals surface area contributed by atoms with Crippen LogP contribution in [0.1, 0.15) is 65.7 Å². The Bertz CT molecular complexity index is 820. The van der Waals surface area contributed by atoms with Gasteiger partial charge in [0.1, 0.15) is 0 Å². The number of sulfone groups is 1. The summed E-state index contributed by atoms with van der Waals surface area (Å²) in [6, 6.07) is -0.196. The number of hydrogen-bond acceptors (Lipinski definition) is 6. The fraction of sp³-hybridized carbons (Fsp3) is 0.826. The number of ether oxygens (including phenoxy) is 1. The maximum Gasteiger partial charge on any atom is 0.415 e. The standard InChI is InChI=1S/C23H38N2O6S/c1-15(2)31-23(28)24-14-16(3)25(17(4)27)21-10-7-19(13-22(21)24)18-5-8-20(9-6-18)32(29,30)12-11-26/h16,18-22,26H,1,5-14H2,2-4H3/t16-,18?,19?,20?,21?,22?/m0/s1. The van der Waals surface area contributed by atoms with E-state index in [0.29, 0.717) is 37.0 Å². The van der Waals surface area contributed by atoms with Crippen LogP contribution in [0.15, 0.2) is 12.3 Å². The summed E-state index contributed by atoms with van der Waals surface area (Å²) >= 11 is 0. The molecular weight excluding hydrogens is 432 g/mol. The largest absolute Gasteiger partial charge is 0.416 e. The second-order valence-corrected chi connectivity index (χ2v) is 12.2. The summed E-state index contributed by atoms with van der Waals surface area (Å²) in [5.41, 5.74) is 0. The van der Waals surface area contributed by atoms with Crippen LogP contribution in [-0.2, 0) is 19.4 Å². The first kappa shape index (κ1) is 25.0. The summed E-state index contributed by atoms with van der Waals surface area (Å²) in [6.45, 7) is 9.01. The number of rotatable bonds is 5. The van der Waals surface area contributed by atoms with Crippen LogP contribution >= 0.6 is 0 Å². The molecule has 1 aliphatic heterocycles. The molecule has 8 nitrogen and oxygen atoms in total. The minimum Gasteiger partial charge on any atom is -0.416 e. The first-order valence-electron chi connectivity index (χ1n) is 11.8. The first-order valence-corrected chi connectivity index (χ1v) is 13.5. The molecule has 3 aliphatic rings. The number of allylic oxidation sites excluding steroid dienone is 1. The lowest BCUT2D eigenvalue weighted by Gasteiger charge is -2.54. The predicted octanol–water partition coefficient (Wildman–Crippen LogP) is 2.71. The second-order valence-electron chi connectivity index (χ2n) is 9.83. The molecule has 0 bridgehead atoms. The van der Waals surface area contributed by atoms with E-state index in [1.165, 1.54) is 0 Å². The summed E-state index contributed by atoms with van der Waals surface area (Å²) in [4.78, 5) is 28.9. The molecule has 2 amide bonds. The van der Waals surface area contributed by atoms with Gasteiger partial charge in [-0.2, -0.15) is 0 Å². The highest BCUT2D eigenvalue weighted by molar-refractivity contribution is 7.92. The molecule has 1 N–H and O–H groups in total. The highest BCUT2D eigenvalue weighted by Gasteiger charge is 2.48. The average Bonchev–Trinajstić information content (AvgIpc) is 2.72. The van der Waals surface area contributed by atoms with Crippen molar-refractivity contribution in [2.24, 2.45) is 11.8 Å². The van der Waals surface area contributed by atoms with Gasteiger partial charge in [-0.15, -0.1) is 0 Å². The van der Waals surface area contributed by atoms with Crippen molar-refractivity contribution in [1.82, 2.24) is 9.80 Å². The van der Waals surface area contributed by atoms with Gasteiger partial charge < -0.3 is 19.6 Å². The molecule has 9 heteroatoms. The topological polar surface area (TPSA) is 104 Å². The normalized spacial score (nSPS) is 33.4. The van der Waals surface area contributed by atoms with Crippen molar-refractivity contribution in [2.45, 2.75) is 89.1 Å². The first-order chi connectivity index (χ1) is 15.0. The van der Waals surface area contributed by atoms with Crippen LogP contribution in [0.4, 0.5) is 4.79 Å². The lowest BCUT2D eigenvalue weighted by Crippen LogP contribution is -2.67. The number of hydrogen-bond donors (Lipinski definition) is 1. The molecule has 0 radical (unpaired) electrons. The number of aliphatic hydroxyl groups excluding tert-OH is 1. The fourth-order valence-corrected chi connectivity index (χ4v) is 7.84. The quantitative estimate of drug-likeness (QED) is 0.620. The van der Waals surface area contributed by atoms with E-state index in [9.17, 15) is 18.0 Å². The molecule has 32 heavy (non-hydrogen) atoms. The van der Waals surface area contributed by atoms with E-state index in [0.717, 1.165) is 32.1 Å². The Balaban J connectivity index is 1.72. The van der Waals surface area contributed by atoms with E-state index in [1.54, 1.807) is 18.7 Å². The number of aliphatic hydroxyl groups is 1. The third-order valence-corrected chi connectivity index (χ3v) is 9.88. The van der Waals surface area contributed by atoms with Crippen molar-refractivity contribution in [3.05, 3.63) is 12.3 Å². The van der Waals surface area contributed by atoms with Gasteiger partial charge in [-0.3, -0.25) is 4.79 Å². The number of carbonyl (C=O) groups excluding carboxylic acids is 2. The van der Waals surface area contributed by atoms with Crippen molar-refractivity contribution < 1.29 is 27.9 Å². The fourth-order valence-electron chi connectivity index (χ4n) is 6.26. The van der Waals surface area contributed by atoms with E-state index in [1.807, 2.05) is 11.8 Å². The van der Waals surface area contributed by atoms with Gasteiger partial charge in [-0.05, 0) is 70.6 Å². The van der Waals surface area contributed by atoms with Crippen molar-refractivity contribution in [3.8, 4) is 0 Å². The minimum absolute atomic E-state index is 0.0218. The van der Waals surface area contributed by atoms with Gasteiger partial charge in [0.2, 0.25) is 5.91 Å².